The molecule has 3 fully saturated rings. The minimum Gasteiger partial charge on any atom is -0.390 e. The Balaban J connectivity index is 1.66. The van der Waals surface area contributed by atoms with E-state index >= 15 is 0 Å². The summed E-state index contributed by atoms with van der Waals surface area (Å²) in [5.74, 6) is 0.876. The summed E-state index contributed by atoms with van der Waals surface area (Å²) in [6.45, 7) is 1.06. The Morgan fingerprint density at radius 2 is 1.89 bits per heavy atom. The molecule has 0 aromatic carbocycles. The van der Waals surface area contributed by atoms with Crippen molar-refractivity contribution in [1.82, 2.24) is 4.31 Å². The van der Waals surface area contributed by atoms with Gasteiger partial charge in [-0.25, -0.2) is 12.7 Å². The number of fused-ring (bicyclic) bond motifs is 1. The first kappa shape index (κ1) is 13.8. The fourth-order valence-corrected chi connectivity index (χ4v) is 5.77. The van der Waals surface area contributed by atoms with Crippen LogP contribution in [0.1, 0.15) is 51.4 Å². The van der Waals surface area contributed by atoms with Crippen LogP contribution >= 0.6 is 0 Å². The number of rotatable bonds is 3. The first-order valence-corrected chi connectivity index (χ1v) is 9.31. The standard InChI is InChI=1S/C14H25NO3S/c16-14-7-2-1-6-13(14)10-15(9-8-14)19(17,18)11-12-4-3-5-12/h12-13,16H,1-11H2. The number of sulfonamides is 1. The van der Waals surface area contributed by atoms with Crippen LogP contribution in [0.2, 0.25) is 0 Å². The minimum atomic E-state index is -3.10. The summed E-state index contributed by atoms with van der Waals surface area (Å²) >= 11 is 0. The summed E-state index contributed by atoms with van der Waals surface area (Å²) in [6.07, 6.45) is 8.00. The molecule has 1 N–H and O–H groups in total. The van der Waals surface area contributed by atoms with Crippen molar-refractivity contribution in [2.75, 3.05) is 18.8 Å². The van der Waals surface area contributed by atoms with Gasteiger partial charge in [0, 0.05) is 19.0 Å². The quantitative estimate of drug-likeness (QED) is 0.860. The van der Waals surface area contributed by atoms with Crippen molar-refractivity contribution in [3.8, 4) is 0 Å². The maximum absolute atomic E-state index is 12.4. The first-order chi connectivity index (χ1) is 9.00. The average molecular weight is 287 g/mol. The third kappa shape index (κ3) is 2.69. The topological polar surface area (TPSA) is 57.6 Å². The highest BCUT2D eigenvalue weighted by Gasteiger charge is 2.45. The molecule has 0 aromatic heterocycles. The maximum atomic E-state index is 12.4. The molecule has 0 spiro atoms. The molecule has 2 atom stereocenters. The molecule has 19 heavy (non-hydrogen) atoms. The molecule has 2 aliphatic carbocycles. The van der Waals surface area contributed by atoms with Crippen molar-refractivity contribution in [2.24, 2.45) is 11.8 Å². The summed E-state index contributed by atoms with van der Waals surface area (Å²) in [7, 11) is -3.10. The van der Waals surface area contributed by atoms with Gasteiger partial charge in [-0.05, 0) is 38.0 Å². The van der Waals surface area contributed by atoms with Crippen LogP contribution in [-0.4, -0.2) is 42.3 Å². The molecule has 0 radical (unpaired) electrons. The van der Waals surface area contributed by atoms with Gasteiger partial charge in [0.1, 0.15) is 0 Å². The highest BCUT2D eigenvalue weighted by molar-refractivity contribution is 7.89. The highest BCUT2D eigenvalue weighted by atomic mass is 32.2. The second kappa shape index (κ2) is 5.01. The maximum Gasteiger partial charge on any atom is 0.214 e. The lowest BCUT2D eigenvalue weighted by Gasteiger charge is -2.47. The normalized spacial score (nSPS) is 37.6. The number of hydrogen-bond acceptors (Lipinski definition) is 3. The molecule has 110 valence electrons. The van der Waals surface area contributed by atoms with Crippen LogP contribution in [0.25, 0.3) is 0 Å². The second-order valence-corrected chi connectivity index (χ2v) is 8.74. The Morgan fingerprint density at radius 1 is 1.11 bits per heavy atom. The van der Waals surface area contributed by atoms with E-state index < -0.39 is 15.6 Å². The van der Waals surface area contributed by atoms with E-state index in [0.29, 0.717) is 31.2 Å². The molecular formula is C14H25NO3S. The Bertz CT molecular complexity index is 432. The van der Waals surface area contributed by atoms with Crippen LogP contribution in [0.3, 0.4) is 0 Å². The predicted octanol–water partition coefficient (Wildman–Crippen LogP) is 1.74. The predicted molar refractivity (Wildman–Crippen MR) is 74.2 cm³/mol. The van der Waals surface area contributed by atoms with E-state index in [4.69, 9.17) is 0 Å². The Labute approximate surface area is 116 Å². The molecule has 0 bridgehead atoms. The van der Waals surface area contributed by atoms with E-state index in [0.717, 1.165) is 38.5 Å². The van der Waals surface area contributed by atoms with Gasteiger partial charge in [0.15, 0.2) is 0 Å². The van der Waals surface area contributed by atoms with E-state index in [1.165, 1.54) is 6.42 Å². The molecule has 3 aliphatic rings. The molecule has 2 unspecified atom stereocenters. The molecule has 4 nitrogen and oxygen atoms in total. The van der Waals surface area contributed by atoms with Crippen molar-refractivity contribution < 1.29 is 13.5 Å². The SMILES string of the molecule is O=S(=O)(CC1CCC1)N1CCC2(O)CCCCC2C1. The largest absolute Gasteiger partial charge is 0.390 e. The summed E-state index contributed by atoms with van der Waals surface area (Å²) in [6, 6.07) is 0. The van der Waals surface area contributed by atoms with E-state index in [9.17, 15) is 13.5 Å². The summed E-state index contributed by atoms with van der Waals surface area (Å²) < 4.78 is 26.5. The fraction of sp³-hybridized carbons (Fsp3) is 1.00. The first-order valence-electron chi connectivity index (χ1n) is 7.70. The molecule has 0 amide bonds. The van der Waals surface area contributed by atoms with Gasteiger partial charge in [-0.3, -0.25) is 0 Å². The highest BCUT2D eigenvalue weighted by Crippen LogP contribution is 2.41. The van der Waals surface area contributed by atoms with Crippen LogP contribution in [0.15, 0.2) is 0 Å². The van der Waals surface area contributed by atoms with Crippen molar-refractivity contribution in [2.45, 2.75) is 57.0 Å². The van der Waals surface area contributed by atoms with Crippen molar-refractivity contribution in [1.29, 1.82) is 0 Å². The van der Waals surface area contributed by atoms with Gasteiger partial charge < -0.3 is 5.11 Å². The van der Waals surface area contributed by atoms with Gasteiger partial charge in [-0.1, -0.05) is 19.3 Å². The Morgan fingerprint density at radius 3 is 2.58 bits per heavy atom. The average Bonchev–Trinajstić information content (AvgIpc) is 2.33. The lowest BCUT2D eigenvalue weighted by atomic mass is 9.72. The molecule has 1 saturated heterocycles. The molecular weight excluding hydrogens is 262 g/mol. The minimum absolute atomic E-state index is 0.158. The van der Waals surface area contributed by atoms with Crippen LogP contribution in [0, 0.1) is 11.8 Å². The lowest BCUT2D eigenvalue weighted by Crippen LogP contribution is -2.55. The summed E-state index contributed by atoms with van der Waals surface area (Å²) in [5, 5.41) is 10.6. The van der Waals surface area contributed by atoms with Gasteiger partial charge >= 0.3 is 0 Å². The molecule has 2 saturated carbocycles. The smallest absolute Gasteiger partial charge is 0.214 e. The number of nitrogens with zero attached hydrogens (tertiary/aromatic N) is 1. The van der Waals surface area contributed by atoms with Gasteiger partial charge in [-0.2, -0.15) is 0 Å². The van der Waals surface area contributed by atoms with Crippen LogP contribution in [0.5, 0.6) is 0 Å². The van der Waals surface area contributed by atoms with Crippen LogP contribution < -0.4 is 0 Å². The van der Waals surface area contributed by atoms with Crippen LogP contribution in [0.4, 0.5) is 0 Å². The monoisotopic (exact) mass is 287 g/mol. The lowest BCUT2D eigenvalue weighted by molar-refractivity contribution is -0.0817. The summed E-state index contributed by atoms with van der Waals surface area (Å²) in [4.78, 5) is 0. The van der Waals surface area contributed by atoms with Crippen molar-refractivity contribution in [3.63, 3.8) is 0 Å². The number of hydrogen-bond donors (Lipinski definition) is 1. The van der Waals surface area contributed by atoms with Gasteiger partial charge in [-0.15, -0.1) is 0 Å². The van der Waals surface area contributed by atoms with Gasteiger partial charge in [0.2, 0.25) is 10.0 Å². The third-order valence-corrected chi connectivity index (χ3v) is 7.47. The van der Waals surface area contributed by atoms with Crippen molar-refractivity contribution in [3.05, 3.63) is 0 Å². The Kier molecular flexibility index (Phi) is 3.65. The second-order valence-electron chi connectivity index (χ2n) is 6.73. The fourth-order valence-electron chi connectivity index (χ4n) is 3.86. The van der Waals surface area contributed by atoms with E-state index in [2.05, 4.69) is 0 Å². The zero-order valence-electron chi connectivity index (χ0n) is 11.6. The number of piperidine rings is 1. The van der Waals surface area contributed by atoms with Crippen LogP contribution in [-0.2, 0) is 10.0 Å². The van der Waals surface area contributed by atoms with E-state index in [1.54, 1.807) is 4.31 Å². The zero-order chi connectivity index (χ0) is 13.5. The zero-order valence-corrected chi connectivity index (χ0v) is 12.4. The van der Waals surface area contributed by atoms with E-state index in [-0.39, 0.29) is 5.92 Å². The molecule has 1 aliphatic heterocycles. The van der Waals surface area contributed by atoms with E-state index in [1.807, 2.05) is 0 Å². The molecule has 5 heteroatoms. The van der Waals surface area contributed by atoms with Gasteiger partial charge in [0.05, 0.1) is 11.4 Å². The number of aliphatic hydroxyl groups is 1. The third-order valence-electron chi connectivity index (χ3n) is 5.45. The molecule has 0 aromatic rings. The molecule has 1 heterocycles. The summed E-state index contributed by atoms with van der Waals surface area (Å²) in [5.41, 5.74) is -0.583. The van der Waals surface area contributed by atoms with Crippen molar-refractivity contribution >= 4 is 10.0 Å². The van der Waals surface area contributed by atoms with Gasteiger partial charge in [0.25, 0.3) is 0 Å². The Hall–Kier alpha value is -0.130. The molecule has 3 rings (SSSR count).